The predicted molar refractivity (Wildman–Crippen MR) is 41.6 cm³/mol. The SMILES string of the molecule is Cc1ccccc1[O][Zn].O=PO. The largest absolute Gasteiger partial charge is 0.324 e. The normalized spacial score (nSPS) is 8.67. The van der Waals surface area contributed by atoms with E-state index in [4.69, 9.17) is 13.0 Å². The Morgan fingerprint density at radius 2 is 2.00 bits per heavy atom. The summed E-state index contributed by atoms with van der Waals surface area (Å²) in [5.74, 6) is 1.01. The minimum absolute atomic E-state index is 0.833. The van der Waals surface area contributed by atoms with Gasteiger partial charge in [0.1, 0.15) is 0 Å². The monoisotopic (exact) mass is 235 g/mol. The summed E-state index contributed by atoms with van der Waals surface area (Å²) in [4.78, 5) is 6.99. The van der Waals surface area contributed by atoms with Gasteiger partial charge in [0, 0.05) is 0 Å². The van der Waals surface area contributed by atoms with E-state index >= 15 is 0 Å². The van der Waals surface area contributed by atoms with E-state index in [2.05, 4.69) is 0 Å². The van der Waals surface area contributed by atoms with Gasteiger partial charge in [0.25, 0.3) is 0 Å². The van der Waals surface area contributed by atoms with Gasteiger partial charge < -0.3 is 4.89 Å². The molecule has 0 saturated heterocycles. The number of para-hydroxylation sites is 1. The average Bonchev–Trinajstić information content (AvgIpc) is 2.07. The van der Waals surface area contributed by atoms with Crippen LogP contribution in [0.5, 0.6) is 5.75 Å². The van der Waals surface area contributed by atoms with Gasteiger partial charge in [-0.3, -0.25) is 0 Å². The maximum absolute atomic E-state index is 8.46. The van der Waals surface area contributed by atoms with Crippen LogP contribution in [-0.4, -0.2) is 4.89 Å². The van der Waals surface area contributed by atoms with Crippen LogP contribution in [0.15, 0.2) is 24.3 Å². The molecule has 0 aliphatic rings. The molecule has 12 heavy (non-hydrogen) atoms. The summed E-state index contributed by atoms with van der Waals surface area (Å²) in [6.45, 7) is 2.05. The van der Waals surface area contributed by atoms with E-state index in [1.54, 1.807) is 0 Å². The average molecular weight is 237 g/mol. The molecule has 0 amide bonds. The van der Waals surface area contributed by atoms with Crippen molar-refractivity contribution >= 4 is 8.69 Å². The van der Waals surface area contributed by atoms with Gasteiger partial charge in [-0.25, -0.2) is 4.57 Å². The Morgan fingerprint density at radius 1 is 1.50 bits per heavy atom. The van der Waals surface area contributed by atoms with Gasteiger partial charge in [0.05, 0.1) is 0 Å². The van der Waals surface area contributed by atoms with Crippen molar-refractivity contribution in [3.05, 3.63) is 29.8 Å². The fraction of sp³-hybridized carbons (Fsp3) is 0.143. The third-order valence-electron chi connectivity index (χ3n) is 1.25. The van der Waals surface area contributed by atoms with Crippen molar-refractivity contribution in [2.75, 3.05) is 0 Å². The zero-order valence-electron chi connectivity index (χ0n) is 6.73. The molecule has 1 N–H and O–H groups in total. The first-order chi connectivity index (χ1) is 5.76. The minimum atomic E-state index is -0.833. The Kier molecular flexibility index (Phi) is 7.18. The molecule has 1 aromatic carbocycles. The summed E-state index contributed by atoms with van der Waals surface area (Å²) < 4.78 is 13.6. The Balaban J connectivity index is 0.000000354. The Morgan fingerprint density at radius 3 is 2.33 bits per heavy atom. The molecule has 0 bridgehead atoms. The number of benzene rings is 1. The molecule has 0 spiro atoms. The van der Waals surface area contributed by atoms with Gasteiger partial charge >= 0.3 is 73.4 Å². The van der Waals surface area contributed by atoms with Crippen LogP contribution in [0.2, 0.25) is 0 Å². The molecule has 0 fully saturated rings. The van der Waals surface area contributed by atoms with Crippen LogP contribution in [0.3, 0.4) is 0 Å². The molecule has 1 rings (SSSR count). The molecule has 0 aliphatic carbocycles. The van der Waals surface area contributed by atoms with Crippen molar-refractivity contribution in [3.63, 3.8) is 0 Å². The molecule has 0 radical (unpaired) electrons. The Bertz CT molecular complexity index is 242. The molecular weight excluding hydrogens is 228 g/mol. The third-order valence-corrected chi connectivity index (χ3v) is 1.90. The number of aryl methyl sites for hydroxylation is 1. The fourth-order valence-corrected chi connectivity index (χ4v) is 1.40. The number of hydrogen-bond acceptors (Lipinski definition) is 2. The van der Waals surface area contributed by atoms with Gasteiger partial charge in [0.15, 0.2) is 0 Å². The van der Waals surface area contributed by atoms with Crippen LogP contribution in [0.4, 0.5) is 0 Å². The first-order valence-corrected chi connectivity index (χ1v) is 5.18. The molecule has 0 aromatic heterocycles. The maximum Gasteiger partial charge on any atom is 0.324 e. The van der Waals surface area contributed by atoms with Crippen molar-refractivity contribution in [1.29, 1.82) is 0 Å². The molecular formula is C7H8O3PZn. The van der Waals surface area contributed by atoms with Gasteiger partial charge in [-0.05, 0) is 0 Å². The maximum atomic E-state index is 8.46. The summed E-state index contributed by atoms with van der Waals surface area (Å²) in [7, 11) is -0.833. The first kappa shape index (κ1) is 11.7. The quantitative estimate of drug-likeness (QED) is 0.599. The molecule has 0 unspecified atom stereocenters. The Labute approximate surface area is 83.1 Å². The minimum Gasteiger partial charge on any atom is -0.310 e. The Hall–Kier alpha value is -0.297. The smallest absolute Gasteiger partial charge is 0.310 e. The van der Waals surface area contributed by atoms with Gasteiger partial charge in [-0.15, -0.1) is 0 Å². The van der Waals surface area contributed by atoms with Crippen molar-refractivity contribution in [2.45, 2.75) is 6.92 Å². The zero-order chi connectivity index (χ0) is 9.40. The third kappa shape index (κ3) is 4.55. The molecule has 1 aromatic rings. The molecule has 3 nitrogen and oxygen atoms in total. The second kappa shape index (κ2) is 7.36. The predicted octanol–water partition coefficient (Wildman–Crippen LogP) is 2.02. The van der Waals surface area contributed by atoms with Crippen molar-refractivity contribution in [2.24, 2.45) is 0 Å². The summed E-state index contributed by atoms with van der Waals surface area (Å²) in [6.07, 6.45) is 0. The molecule has 0 saturated carbocycles. The van der Waals surface area contributed by atoms with Crippen LogP contribution in [0.25, 0.3) is 0 Å². The summed E-state index contributed by atoms with van der Waals surface area (Å²) >= 11 is 0.866. The van der Waals surface area contributed by atoms with Crippen LogP contribution in [0, 0.1) is 6.92 Å². The molecule has 0 heterocycles. The van der Waals surface area contributed by atoms with Crippen LogP contribution in [0.1, 0.15) is 5.56 Å². The van der Waals surface area contributed by atoms with E-state index in [0.717, 1.165) is 24.4 Å². The van der Waals surface area contributed by atoms with Crippen LogP contribution >= 0.6 is 8.69 Å². The molecule has 0 aliphatic heterocycles. The number of rotatable bonds is 1. The van der Waals surface area contributed by atoms with Crippen molar-refractivity contribution in [3.8, 4) is 5.75 Å². The van der Waals surface area contributed by atoms with Gasteiger partial charge in [-0.1, -0.05) is 0 Å². The van der Waals surface area contributed by atoms with Crippen molar-refractivity contribution in [1.82, 2.24) is 0 Å². The zero-order valence-corrected chi connectivity index (χ0v) is 10.6. The second-order valence-electron chi connectivity index (χ2n) is 1.99. The molecule has 61 valence electrons. The number of hydrogen-bond donors (Lipinski definition) is 1. The van der Waals surface area contributed by atoms with Crippen LogP contribution < -0.4 is 3.56 Å². The van der Waals surface area contributed by atoms with Gasteiger partial charge in [0.2, 0.25) is 0 Å². The topological polar surface area (TPSA) is 46.5 Å². The van der Waals surface area contributed by atoms with E-state index in [-0.39, 0.29) is 0 Å². The van der Waals surface area contributed by atoms with E-state index in [0.29, 0.717) is 0 Å². The second-order valence-corrected chi connectivity index (χ2v) is 2.76. The molecule has 5 heteroatoms. The van der Waals surface area contributed by atoms with E-state index < -0.39 is 8.69 Å². The fourth-order valence-electron chi connectivity index (χ4n) is 0.718. The standard InChI is InChI=1S/C7H8O.HO2P.Zn/c1-6-4-2-3-5-7(6)8;1-3-2;/h2-5,8H,1H3;(H,1,2);/q;;+1/p-1. The molecule has 0 atom stereocenters. The van der Waals surface area contributed by atoms with Crippen LogP contribution in [-0.2, 0) is 23.2 Å². The summed E-state index contributed by atoms with van der Waals surface area (Å²) in [5, 5.41) is 0. The first-order valence-electron chi connectivity index (χ1n) is 3.20. The summed E-state index contributed by atoms with van der Waals surface area (Å²) in [5.41, 5.74) is 1.21. The van der Waals surface area contributed by atoms with Crippen molar-refractivity contribution < 1.29 is 31.7 Å². The summed E-state index contributed by atoms with van der Waals surface area (Å²) in [6, 6.07) is 8.03. The van der Waals surface area contributed by atoms with E-state index in [1.165, 1.54) is 5.56 Å². The van der Waals surface area contributed by atoms with E-state index in [9.17, 15) is 0 Å². The van der Waals surface area contributed by atoms with E-state index in [1.807, 2.05) is 31.2 Å². The van der Waals surface area contributed by atoms with Gasteiger partial charge in [-0.2, -0.15) is 0 Å².